The second-order valence-electron chi connectivity index (χ2n) is 4.64. The van der Waals surface area contributed by atoms with Crippen LogP contribution in [-0.4, -0.2) is 44.5 Å². The Kier molecular flexibility index (Phi) is 4.85. The molecule has 0 radical (unpaired) electrons. The number of halogens is 2. The van der Waals surface area contributed by atoms with Crippen molar-refractivity contribution in [1.29, 1.82) is 0 Å². The molecule has 116 valence electrons. The van der Waals surface area contributed by atoms with E-state index in [0.717, 1.165) is 0 Å². The maximum Gasteiger partial charge on any atom is 0.319 e. The van der Waals surface area contributed by atoms with Crippen LogP contribution in [-0.2, 0) is 9.84 Å². The topological polar surface area (TPSA) is 84.5 Å². The minimum atomic E-state index is -3.20. The van der Waals surface area contributed by atoms with E-state index in [9.17, 15) is 13.2 Å². The van der Waals surface area contributed by atoms with E-state index in [2.05, 4.69) is 10.6 Å². The van der Waals surface area contributed by atoms with E-state index in [1.54, 1.807) is 18.2 Å². The molecule has 0 bridgehead atoms. The Hall–Kier alpha value is -1.18. The van der Waals surface area contributed by atoms with Gasteiger partial charge >= 0.3 is 6.03 Å². The van der Waals surface area contributed by atoms with Crippen LogP contribution in [0.15, 0.2) is 18.2 Å². The molecule has 2 amide bonds. The lowest BCUT2D eigenvalue weighted by Crippen LogP contribution is -2.42. The zero-order valence-corrected chi connectivity index (χ0v) is 13.4. The Balaban J connectivity index is 1.99. The third-order valence-electron chi connectivity index (χ3n) is 3.02. The second kappa shape index (κ2) is 6.29. The Morgan fingerprint density at radius 1 is 1.38 bits per heavy atom. The van der Waals surface area contributed by atoms with Gasteiger partial charge in [0.15, 0.2) is 9.84 Å². The molecule has 1 aromatic carbocycles. The lowest BCUT2D eigenvalue weighted by molar-refractivity contribution is 0.249. The third kappa shape index (κ3) is 4.15. The molecule has 0 saturated carbocycles. The molecule has 0 aromatic heterocycles. The predicted octanol–water partition coefficient (Wildman–Crippen LogP) is 1.87. The highest BCUT2D eigenvalue weighted by molar-refractivity contribution is 7.91. The summed E-state index contributed by atoms with van der Waals surface area (Å²) in [6.07, 6.45) is 0. The van der Waals surface area contributed by atoms with Gasteiger partial charge in [-0.05, 0) is 12.1 Å². The molecule has 2 N–H and O–H groups in total. The number of carbonyl (C=O) groups excluding carboxylic acids is 1. The number of sulfone groups is 1. The van der Waals surface area contributed by atoms with Gasteiger partial charge in [0.1, 0.15) is 5.75 Å². The molecular formula is C12H14Cl2N2O4S. The Bertz CT molecular complexity index is 651. The fourth-order valence-corrected chi connectivity index (χ4v) is 4.76. The summed E-state index contributed by atoms with van der Waals surface area (Å²) in [7, 11) is -1.69. The van der Waals surface area contributed by atoms with Crippen molar-refractivity contribution >= 4 is 44.8 Å². The minimum absolute atomic E-state index is 0.136. The van der Waals surface area contributed by atoms with Crippen molar-refractivity contribution in [3.63, 3.8) is 0 Å². The van der Waals surface area contributed by atoms with E-state index < -0.39 is 27.3 Å². The Morgan fingerprint density at radius 3 is 2.62 bits per heavy atom. The molecule has 1 aromatic rings. The molecular weight excluding hydrogens is 339 g/mol. The van der Waals surface area contributed by atoms with Crippen molar-refractivity contribution in [3.05, 3.63) is 23.2 Å². The molecule has 21 heavy (non-hydrogen) atoms. The van der Waals surface area contributed by atoms with Gasteiger partial charge in [0.2, 0.25) is 0 Å². The summed E-state index contributed by atoms with van der Waals surface area (Å²) in [5.41, 5.74) is 0.391. The molecule has 1 aliphatic rings. The van der Waals surface area contributed by atoms with Crippen molar-refractivity contribution in [2.45, 2.75) is 11.4 Å². The first-order valence-corrected chi connectivity index (χ1v) is 8.70. The number of hydrogen-bond acceptors (Lipinski definition) is 4. The van der Waals surface area contributed by atoms with E-state index in [-0.39, 0.29) is 11.5 Å². The van der Waals surface area contributed by atoms with Crippen molar-refractivity contribution in [1.82, 2.24) is 5.32 Å². The monoisotopic (exact) mass is 352 g/mol. The molecule has 2 rings (SSSR count). The molecule has 1 saturated heterocycles. The molecule has 9 heteroatoms. The highest BCUT2D eigenvalue weighted by Crippen LogP contribution is 2.26. The number of alkyl halides is 1. The van der Waals surface area contributed by atoms with Gasteiger partial charge in [-0.1, -0.05) is 11.6 Å². The van der Waals surface area contributed by atoms with E-state index >= 15 is 0 Å². The summed E-state index contributed by atoms with van der Waals surface area (Å²) in [4.78, 5) is 11.9. The quantitative estimate of drug-likeness (QED) is 0.813. The van der Waals surface area contributed by atoms with E-state index in [4.69, 9.17) is 27.9 Å². The van der Waals surface area contributed by atoms with Crippen LogP contribution in [0.1, 0.15) is 0 Å². The van der Waals surface area contributed by atoms with Gasteiger partial charge in [-0.15, -0.1) is 11.6 Å². The standard InChI is InChI=1S/C12H14Cl2N2O4S/c1-20-7-2-3-10(8(13)4-7)15-12(17)16-11-6-21(18,19)5-9(11)14/h2-4,9,11H,5-6H2,1H3,(H2,15,16,17)/t9-,11-/m0/s1. The first-order valence-electron chi connectivity index (χ1n) is 6.06. The van der Waals surface area contributed by atoms with Gasteiger partial charge < -0.3 is 15.4 Å². The molecule has 1 aliphatic heterocycles. The zero-order valence-electron chi connectivity index (χ0n) is 11.1. The average Bonchev–Trinajstić information content (AvgIpc) is 2.64. The van der Waals surface area contributed by atoms with Gasteiger partial charge in [0, 0.05) is 6.07 Å². The maximum absolute atomic E-state index is 11.9. The van der Waals surface area contributed by atoms with Gasteiger partial charge in [-0.3, -0.25) is 0 Å². The fraction of sp³-hybridized carbons (Fsp3) is 0.417. The molecule has 0 aliphatic carbocycles. The zero-order chi connectivity index (χ0) is 15.6. The normalized spacial score (nSPS) is 23.6. The van der Waals surface area contributed by atoms with Crippen LogP contribution in [0.25, 0.3) is 0 Å². The fourth-order valence-electron chi connectivity index (χ4n) is 1.99. The van der Waals surface area contributed by atoms with E-state index in [1.807, 2.05) is 0 Å². The van der Waals surface area contributed by atoms with Crippen LogP contribution < -0.4 is 15.4 Å². The van der Waals surface area contributed by atoms with Crippen molar-refractivity contribution < 1.29 is 17.9 Å². The highest BCUT2D eigenvalue weighted by atomic mass is 35.5. The van der Waals surface area contributed by atoms with Crippen molar-refractivity contribution in [2.24, 2.45) is 0 Å². The number of amides is 2. The predicted molar refractivity (Wildman–Crippen MR) is 82.2 cm³/mol. The molecule has 6 nitrogen and oxygen atoms in total. The van der Waals surface area contributed by atoms with Crippen LogP contribution in [0.4, 0.5) is 10.5 Å². The molecule has 0 unspecified atom stereocenters. The summed E-state index contributed by atoms with van der Waals surface area (Å²) in [5, 5.41) is 4.76. The lowest BCUT2D eigenvalue weighted by atomic mass is 10.2. The molecule has 1 heterocycles. The number of carbonyl (C=O) groups is 1. The number of hydrogen-bond donors (Lipinski definition) is 2. The summed E-state index contributed by atoms with van der Waals surface area (Å²) in [6.45, 7) is 0. The smallest absolute Gasteiger partial charge is 0.319 e. The van der Waals surface area contributed by atoms with Crippen molar-refractivity contribution in [3.8, 4) is 5.75 Å². The first kappa shape index (κ1) is 16.2. The van der Waals surface area contributed by atoms with Gasteiger partial charge in [0.25, 0.3) is 0 Å². The first-order chi connectivity index (χ1) is 9.80. The number of methoxy groups -OCH3 is 1. The van der Waals surface area contributed by atoms with E-state index in [1.165, 1.54) is 7.11 Å². The molecule has 0 spiro atoms. The van der Waals surface area contributed by atoms with Gasteiger partial charge in [0.05, 0.1) is 40.7 Å². The SMILES string of the molecule is COc1ccc(NC(=O)N[C@H]2CS(=O)(=O)C[C@@H]2Cl)c(Cl)c1. The van der Waals surface area contributed by atoms with Crippen molar-refractivity contribution in [2.75, 3.05) is 23.9 Å². The summed E-state index contributed by atoms with van der Waals surface area (Å²) in [6, 6.07) is 3.61. The molecule has 2 atom stereocenters. The summed E-state index contributed by atoms with van der Waals surface area (Å²) >= 11 is 11.9. The van der Waals surface area contributed by atoms with Crippen LogP contribution in [0, 0.1) is 0 Å². The number of anilines is 1. The Morgan fingerprint density at radius 2 is 2.10 bits per heavy atom. The van der Waals surface area contributed by atoms with Crippen LogP contribution in [0.5, 0.6) is 5.75 Å². The van der Waals surface area contributed by atoms with Gasteiger partial charge in [-0.25, -0.2) is 13.2 Å². The highest BCUT2D eigenvalue weighted by Gasteiger charge is 2.37. The number of urea groups is 1. The van der Waals surface area contributed by atoms with E-state index in [0.29, 0.717) is 16.5 Å². The number of nitrogens with one attached hydrogen (secondary N) is 2. The largest absolute Gasteiger partial charge is 0.497 e. The van der Waals surface area contributed by atoms with Crippen LogP contribution in [0.3, 0.4) is 0 Å². The average molecular weight is 353 g/mol. The van der Waals surface area contributed by atoms with Crippen LogP contribution >= 0.6 is 23.2 Å². The number of ether oxygens (including phenoxy) is 1. The van der Waals surface area contributed by atoms with Crippen LogP contribution in [0.2, 0.25) is 5.02 Å². The second-order valence-corrected chi connectivity index (χ2v) is 7.77. The maximum atomic E-state index is 11.9. The summed E-state index contributed by atoms with van der Waals surface area (Å²) < 4.78 is 27.9. The number of rotatable bonds is 3. The van der Waals surface area contributed by atoms with Gasteiger partial charge in [-0.2, -0.15) is 0 Å². The number of benzene rings is 1. The lowest BCUT2D eigenvalue weighted by Gasteiger charge is -2.15. The minimum Gasteiger partial charge on any atom is -0.497 e. The molecule has 1 fully saturated rings. The Labute approximate surface area is 132 Å². The summed E-state index contributed by atoms with van der Waals surface area (Å²) in [5.74, 6) is 0.266. The third-order valence-corrected chi connectivity index (χ3v) is 5.71.